The van der Waals surface area contributed by atoms with Crippen molar-refractivity contribution in [1.29, 1.82) is 0 Å². The molecule has 0 bridgehead atoms. The number of carbonyl (C=O) groups is 1. The van der Waals surface area contributed by atoms with E-state index in [1.807, 2.05) is 20.8 Å². The fourth-order valence-electron chi connectivity index (χ4n) is 2.56. The highest BCUT2D eigenvalue weighted by atomic mass is 16.5. The summed E-state index contributed by atoms with van der Waals surface area (Å²) in [6, 6.07) is 0.0137. The van der Waals surface area contributed by atoms with Gasteiger partial charge in [0.25, 0.3) is 0 Å². The molecule has 1 amide bonds. The van der Waals surface area contributed by atoms with Crippen LogP contribution in [0.25, 0.3) is 0 Å². The predicted molar refractivity (Wildman–Crippen MR) is 74.2 cm³/mol. The van der Waals surface area contributed by atoms with Gasteiger partial charge in [-0.25, -0.2) is 0 Å². The van der Waals surface area contributed by atoms with Gasteiger partial charge < -0.3 is 20.3 Å². The summed E-state index contributed by atoms with van der Waals surface area (Å²) < 4.78 is 10.7. The first kappa shape index (κ1) is 15.0. The molecule has 2 rings (SSSR count). The molecule has 0 aliphatic carbocycles. The van der Waals surface area contributed by atoms with E-state index in [0.717, 1.165) is 29.9 Å². The Balaban J connectivity index is 1.85. The fraction of sp³-hybridized carbons (Fsp3) is 0.714. The van der Waals surface area contributed by atoms with E-state index in [1.54, 1.807) is 0 Å². The molecule has 1 fully saturated rings. The number of aromatic nitrogens is 1. The van der Waals surface area contributed by atoms with Crippen molar-refractivity contribution in [3.8, 4) is 0 Å². The van der Waals surface area contributed by atoms with Gasteiger partial charge in [0.2, 0.25) is 5.91 Å². The van der Waals surface area contributed by atoms with E-state index < -0.39 is 0 Å². The van der Waals surface area contributed by atoms with Crippen LogP contribution in [0.5, 0.6) is 0 Å². The highest BCUT2D eigenvalue weighted by Crippen LogP contribution is 2.19. The van der Waals surface area contributed by atoms with Crippen LogP contribution in [0.15, 0.2) is 4.52 Å². The number of rotatable bonds is 5. The minimum absolute atomic E-state index is 0.0137. The van der Waals surface area contributed by atoms with E-state index in [-0.39, 0.29) is 24.2 Å². The lowest BCUT2D eigenvalue weighted by Gasteiger charge is -2.17. The summed E-state index contributed by atoms with van der Waals surface area (Å²) >= 11 is 0. The Morgan fingerprint density at radius 3 is 2.80 bits per heavy atom. The van der Waals surface area contributed by atoms with E-state index in [1.165, 1.54) is 0 Å². The molecular weight excluding hydrogens is 258 g/mol. The molecule has 3 N–H and O–H groups in total. The van der Waals surface area contributed by atoms with Crippen LogP contribution < -0.4 is 11.1 Å². The van der Waals surface area contributed by atoms with Crippen molar-refractivity contribution in [3.05, 3.63) is 17.0 Å². The highest BCUT2D eigenvalue weighted by Gasteiger charge is 2.30. The number of nitrogens with zero attached hydrogens (tertiary/aromatic N) is 1. The molecule has 3 atom stereocenters. The van der Waals surface area contributed by atoms with Gasteiger partial charge in [-0.1, -0.05) is 5.16 Å². The first-order valence-electron chi connectivity index (χ1n) is 7.09. The lowest BCUT2D eigenvalue weighted by atomic mass is 10.1. The second-order valence-corrected chi connectivity index (χ2v) is 5.48. The van der Waals surface area contributed by atoms with Gasteiger partial charge in [-0.2, -0.15) is 0 Å². The largest absolute Gasteiger partial charge is 0.364 e. The second kappa shape index (κ2) is 6.37. The Bertz CT molecular complexity index is 453. The number of hydrogen-bond donors (Lipinski definition) is 2. The molecule has 1 aliphatic heterocycles. The molecular formula is C14H23N3O3. The van der Waals surface area contributed by atoms with Crippen LogP contribution in [-0.4, -0.2) is 35.9 Å². The van der Waals surface area contributed by atoms with E-state index in [9.17, 15) is 4.79 Å². The maximum absolute atomic E-state index is 12.1. The summed E-state index contributed by atoms with van der Waals surface area (Å²) in [5, 5.41) is 6.91. The average Bonchev–Trinajstić information content (AvgIpc) is 3.00. The molecule has 0 spiro atoms. The summed E-state index contributed by atoms with van der Waals surface area (Å²) in [4.78, 5) is 12.1. The van der Waals surface area contributed by atoms with Crippen LogP contribution in [0.1, 0.15) is 36.8 Å². The first-order valence-corrected chi connectivity index (χ1v) is 7.09. The number of aryl methyl sites for hydroxylation is 2. The highest BCUT2D eigenvalue weighted by molar-refractivity contribution is 5.81. The third kappa shape index (κ3) is 3.37. The molecule has 112 valence electrons. The number of ether oxygens (including phenoxy) is 1. The van der Waals surface area contributed by atoms with Gasteiger partial charge in [-0.05, 0) is 40.0 Å². The predicted octanol–water partition coefficient (Wildman–Crippen LogP) is 0.845. The minimum Gasteiger partial charge on any atom is -0.364 e. The van der Waals surface area contributed by atoms with Crippen molar-refractivity contribution in [1.82, 2.24) is 10.5 Å². The number of amides is 1. The summed E-state index contributed by atoms with van der Waals surface area (Å²) in [5.74, 6) is 0.754. The zero-order valence-corrected chi connectivity index (χ0v) is 12.3. The van der Waals surface area contributed by atoms with Crippen molar-refractivity contribution >= 4 is 5.91 Å². The number of nitrogens with one attached hydrogen (secondary N) is 1. The Hall–Kier alpha value is -1.40. The van der Waals surface area contributed by atoms with Gasteiger partial charge in [0.05, 0.1) is 11.8 Å². The van der Waals surface area contributed by atoms with Gasteiger partial charge in [-0.15, -0.1) is 0 Å². The van der Waals surface area contributed by atoms with Gasteiger partial charge in [-0.3, -0.25) is 4.79 Å². The van der Waals surface area contributed by atoms with E-state index in [4.69, 9.17) is 15.0 Å². The lowest BCUT2D eigenvalue weighted by molar-refractivity contribution is -0.132. The summed E-state index contributed by atoms with van der Waals surface area (Å²) in [5.41, 5.74) is 7.49. The summed E-state index contributed by atoms with van der Waals surface area (Å²) in [6.45, 7) is 6.24. The molecule has 6 heteroatoms. The Morgan fingerprint density at radius 1 is 1.50 bits per heavy atom. The number of nitrogens with two attached hydrogens (primary N) is 1. The van der Waals surface area contributed by atoms with Crippen molar-refractivity contribution in [2.75, 3.05) is 6.54 Å². The fourth-order valence-corrected chi connectivity index (χ4v) is 2.56. The zero-order valence-electron chi connectivity index (χ0n) is 12.3. The van der Waals surface area contributed by atoms with Crippen LogP contribution in [0, 0.1) is 13.8 Å². The maximum Gasteiger partial charge on any atom is 0.249 e. The molecule has 6 nitrogen and oxygen atoms in total. The molecule has 1 aliphatic rings. The smallest absolute Gasteiger partial charge is 0.249 e. The first-order chi connectivity index (χ1) is 9.51. The summed E-state index contributed by atoms with van der Waals surface area (Å²) in [7, 11) is 0. The van der Waals surface area contributed by atoms with Gasteiger partial charge in [0, 0.05) is 18.2 Å². The third-order valence-electron chi connectivity index (χ3n) is 3.74. The molecule has 20 heavy (non-hydrogen) atoms. The lowest BCUT2D eigenvalue weighted by Crippen LogP contribution is -2.41. The van der Waals surface area contributed by atoms with Crippen LogP contribution in [-0.2, 0) is 16.0 Å². The SMILES string of the molecule is Cc1noc(C)c1CC(C)NC(=O)[C@@H]1CC[C@H](CN)O1. The molecule has 1 aromatic heterocycles. The van der Waals surface area contributed by atoms with Crippen LogP contribution in [0.4, 0.5) is 0 Å². The third-order valence-corrected chi connectivity index (χ3v) is 3.74. The van der Waals surface area contributed by atoms with E-state index >= 15 is 0 Å². The molecule has 1 saturated heterocycles. The molecule has 0 saturated carbocycles. The van der Waals surface area contributed by atoms with Crippen molar-refractivity contribution in [3.63, 3.8) is 0 Å². The van der Waals surface area contributed by atoms with Crippen LogP contribution in [0.3, 0.4) is 0 Å². The molecule has 0 radical (unpaired) electrons. The molecule has 2 heterocycles. The standard InChI is InChI=1S/C14H23N3O3/c1-8(6-12-9(2)17-20-10(12)3)16-14(18)13-5-4-11(7-15)19-13/h8,11,13H,4-7,15H2,1-3H3,(H,16,18)/t8?,11-,13+/m1/s1. The Labute approximate surface area is 119 Å². The quantitative estimate of drug-likeness (QED) is 0.835. The topological polar surface area (TPSA) is 90.4 Å². The van der Waals surface area contributed by atoms with Crippen LogP contribution in [0.2, 0.25) is 0 Å². The minimum atomic E-state index is -0.365. The molecule has 0 aromatic carbocycles. The van der Waals surface area contributed by atoms with Gasteiger partial charge in [0.15, 0.2) is 0 Å². The zero-order chi connectivity index (χ0) is 14.7. The van der Waals surface area contributed by atoms with E-state index in [2.05, 4.69) is 10.5 Å². The molecule has 1 unspecified atom stereocenters. The second-order valence-electron chi connectivity index (χ2n) is 5.48. The van der Waals surface area contributed by atoms with Crippen molar-refractivity contribution in [2.24, 2.45) is 5.73 Å². The number of carbonyl (C=O) groups excluding carboxylic acids is 1. The van der Waals surface area contributed by atoms with Gasteiger partial charge in [0.1, 0.15) is 11.9 Å². The number of hydrogen-bond acceptors (Lipinski definition) is 5. The van der Waals surface area contributed by atoms with Crippen LogP contribution >= 0.6 is 0 Å². The van der Waals surface area contributed by atoms with Crippen molar-refractivity contribution in [2.45, 2.75) is 58.3 Å². The van der Waals surface area contributed by atoms with E-state index in [0.29, 0.717) is 13.0 Å². The maximum atomic E-state index is 12.1. The monoisotopic (exact) mass is 281 g/mol. The van der Waals surface area contributed by atoms with Gasteiger partial charge >= 0.3 is 0 Å². The molecule has 1 aromatic rings. The Kier molecular flexibility index (Phi) is 4.77. The summed E-state index contributed by atoms with van der Waals surface area (Å²) in [6.07, 6.45) is 1.96. The van der Waals surface area contributed by atoms with Crippen molar-refractivity contribution < 1.29 is 14.1 Å². The Morgan fingerprint density at radius 2 is 2.25 bits per heavy atom. The normalized spacial score (nSPS) is 23.8. The average molecular weight is 281 g/mol.